The maximum Gasteiger partial charge on any atom is 0.136 e. The number of anilines is 1. The third-order valence-electron chi connectivity index (χ3n) is 3.62. The topological polar surface area (TPSA) is 53.1 Å². The summed E-state index contributed by atoms with van der Waals surface area (Å²) in [6, 6.07) is 5.28. The van der Waals surface area contributed by atoms with Crippen LogP contribution >= 0.6 is 0 Å². The molecular weight excluding hydrogens is 229 g/mol. The molecule has 98 valence electrons. The second kappa shape index (κ2) is 5.38. The largest absolute Gasteiger partial charge is 0.384 e. The fraction of sp³-hybridized carbons (Fsp3) is 0.500. The Kier molecular flexibility index (Phi) is 3.84. The number of rotatable bonds is 2. The molecule has 1 aliphatic heterocycles. The van der Waals surface area contributed by atoms with Gasteiger partial charge in [0.2, 0.25) is 0 Å². The van der Waals surface area contributed by atoms with E-state index in [9.17, 15) is 4.39 Å². The van der Waals surface area contributed by atoms with Crippen molar-refractivity contribution in [3.05, 3.63) is 29.6 Å². The third-order valence-corrected chi connectivity index (χ3v) is 3.62. The molecule has 0 radical (unpaired) electrons. The second-order valence-corrected chi connectivity index (χ2v) is 4.94. The van der Waals surface area contributed by atoms with Crippen molar-refractivity contribution >= 4 is 11.5 Å². The Hall–Kier alpha value is -1.58. The van der Waals surface area contributed by atoms with E-state index in [1.54, 1.807) is 6.07 Å². The van der Waals surface area contributed by atoms with E-state index in [2.05, 4.69) is 11.8 Å². The number of amidine groups is 1. The van der Waals surface area contributed by atoms with Crippen LogP contribution in [0.1, 0.15) is 38.2 Å². The zero-order valence-corrected chi connectivity index (χ0v) is 10.7. The van der Waals surface area contributed by atoms with Gasteiger partial charge in [0.25, 0.3) is 0 Å². The minimum atomic E-state index is -0.406. The summed E-state index contributed by atoms with van der Waals surface area (Å²) in [7, 11) is 0. The average Bonchev–Trinajstić information content (AvgIpc) is 2.53. The summed E-state index contributed by atoms with van der Waals surface area (Å²) in [6.45, 7) is 3.06. The van der Waals surface area contributed by atoms with E-state index in [4.69, 9.17) is 11.1 Å². The van der Waals surface area contributed by atoms with Crippen molar-refractivity contribution < 1.29 is 4.39 Å². The highest BCUT2D eigenvalue weighted by Crippen LogP contribution is 2.28. The highest BCUT2D eigenvalue weighted by molar-refractivity contribution is 6.00. The van der Waals surface area contributed by atoms with Crippen LogP contribution in [0.15, 0.2) is 18.2 Å². The Morgan fingerprint density at radius 1 is 1.39 bits per heavy atom. The number of nitrogens with zero attached hydrogens (tertiary/aromatic N) is 1. The van der Waals surface area contributed by atoms with Crippen LogP contribution < -0.4 is 10.6 Å². The number of benzene rings is 1. The normalized spacial score (nSPS) is 20.6. The Balaban J connectivity index is 2.42. The quantitative estimate of drug-likeness (QED) is 0.625. The van der Waals surface area contributed by atoms with Gasteiger partial charge in [0, 0.05) is 12.6 Å². The van der Waals surface area contributed by atoms with E-state index in [1.807, 2.05) is 6.07 Å². The molecule has 0 saturated carbocycles. The highest BCUT2D eigenvalue weighted by Gasteiger charge is 2.22. The first kappa shape index (κ1) is 12.9. The van der Waals surface area contributed by atoms with Crippen LogP contribution in [0.4, 0.5) is 10.1 Å². The van der Waals surface area contributed by atoms with Gasteiger partial charge in [0.15, 0.2) is 0 Å². The van der Waals surface area contributed by atoms with Crippen LogP contribution in [0.5, 0.6) is 0 Å². The first-order chi connectivity index (χ1) is 8.61. The summed E-state index contributed by atoms with van der Waals surface area (Å²) < 4.78 is 13.8. The molecule has 0 amide bonds. The van der Waals surface area contributed by atoms with Crippen molar-refractivity contribution in [2.24, 2.45) is 5.73 Å². The molecule has 2 rings (SSSR count). The van der Waals surface area contributed by atoms with Crippen molar-refractivity contribution in [1.82, 2.24) is 0 Å². The molecule has 1 fully saturated rings. The molecule has 1 atom stereocenters. The van der Waals surface area contributed by atoms with Gasteiger partial charge in [0.1, 0.15) is 11.7 Å². The molecule has 1 heterocycles. The standard InChI is InChI=1S/C14H20FN3/c1-10-6-3-2-4-9-18(10)12-8-5-7-11(15)13(12)14(16)17/h5,7-8,10H,2-4,6,9H2,1H3,(H3,16,17). The maximum absolute atomic E-state index is 13.8. The van der Waals surface area contributed by atoms with Gasteiger partial charge >= 0.3 is 0 Å². The zero-order valence-electron chi connectivity index (χ0n) is 10.7. The molecule has 0 aliphatic carbocycles. The molecule has 0 spiro atoms. The maximum atomic E-state index is 13.8. The van der Waals surface area contributed by atoms with Crippen LogP contribution in [-0.4, -0.2) is 18.4 Å². The summed E-state index contributed by atoms with van der Waals surface area (Å²) >= 11 is 0. The number of hydrogen-bond donors (Lipinski definition) is 2. The first-order valence-corrected chi connectivity index (χ1v) is 6.51. The monoisotopic (exact) mass is 249 g/mol. The predicted octanol–water partition coefficient (Wildman–Crippen LogP) is 2.88. The molecule has 4 heteroatoms. The second-order valence-electron chi connectivity index (χ2n) is 4.94. The lowest BCUT2D eigenvalue weighted by molar-refractivity contribution is 0.604. The van der Waals surface area contributed by atoms with Gasteiger partial charge in [-0.3, -0.25) is 5.41 Å². The van der Waals surface area contributed by atoms with Gasteiger partial charge in [0.05, 0.1) is 11.3 Å². The SMILES string of the molecule is CC1CCCCCN1c1cccc(F)c1C(=N)N. The molecule has 3 N–H and O–H groups in total. The minimum Gasteiger partial charge on any atom is -0.384 e. The smallest absolute Gasteiger partial charge is 0.136 e. The van der Waals surface area contributed by atoms with Crippen LogP contribution in [0.25, 0.3) is 0 Å². The van der Waals surface area contributed by atoms with Gasteiger partial charge in [-0.2, -0.15) is 0 Å². The molecule has 18 heavy (non-hydrogen) atoms. The number of nitrogen functional groups attached to an aromatic ring is 1. The molecule has 3 nitrogen and oxygen atoms in total. The minimum absolute atomic E-state index is 0.195. The molecular formula is C14H20FN3. The molecule has 1 aromatic rings. The van der Waals surface area contributed by atoms with Gasteiger partial charge in [-0.15, -0.1) is 0 Å². The van der Waals surface area contributed by atoms with Crippen molar-refractivity contribution in [2.45, 2.75) is 38.6 Å². The van der Waals surface area contributed by atoms with Gasteiger partial charge in [-0.05, 0) is 31.9 Å². The Labute approximate surface area is 107 Å². The Morgan fingerprint density at radius 2 is 2.17 bits per heavy atom. The van der Waals surface area contributed by atoms with Gasteiger partial charge in [-0.25, -0.2) is 4.39 Å². The lowest BCUT2D eigenvalue weighted by atomic mass is 10.1. The lowest BCUT2D eigenvalue weighted by Gasteiger charge is -2.31. The summed E-state index contributed by atoms with van der Waals surface area (Å²) in [5.41, 5.74) is 6.53. The number of nitrogens with two attached hydrogens (primary N) is 1. The number of halogens is 1. The van der Waals surface area contributed by atoms with Crippen molar-refractivity contribution in [2.75, 3.05) is 11.4 Å². The van der Waals surface area contributed by atoms with Crippen LogP contribution in [0.2, 0.25) is 0 Å². The van der Waals surface area contributed by atoms with Crippen LogP contribution in [0, 0.1) is 11.2 Å². The molecule has 0 aromatic heterocycles. The Bertz CT molecular complexity index is 445. The average molecular weight is 249 g/mol. The zero-order chi connectivity index (χ0) is 13.1. The van der Waals surface area contributed by atoms with Crippen molar-refractivity contribution in [3.63, 3.8) is 0 Å². The Morgan fingerprint density at radius 3 is 2.89 bits per heavy atom. The van der Waals surface area contributed by atoms with Crippen molar-refractivity contribution in [3.8, 4) is 0 Å². The van der Waals surface area contributed by atoms with E-state index in [0.29, 0.717) is 6.04 Å². The number of nitrogens with one attached hydrogen (secondary N) is 1. The fourth-order valence-electron chi connectivity index (χ4n) is 2.65. The molecule has 1 aromatic carbocycles. The summed E-state index contributed by atoms with van der Waals surface area (Å²) in [5.74, 6) is -0.601. The number of hydrogen-bond acceptors (Lipinski definition) is 2. The van der Waals surface area contributed by atoms with E-state index in [-0.39, 0.29) is 11.4 Å². The fourth-order valence-corrected chi connectivity index (χ4v) is 2.65. The van der Waals surface area contributed by atoms with E-state index in [0.717, 1.165) is 25.1 Å². The van der Waals surface area contributed by atoms with Crippen LogP contribution in [0.3, 0.4) is 0 Å². The van der Waals surface area contributed by atoms with E-state index >= 15 is 0 Å². The summed E-state index contributed by atoms with van der Waals surface area (Å²) in [6.07, 6.45) is 4.64. The van der Waals surface area contributed by atoms with Crippen LogP contribution in [-0.2, 0) is 0 Å². The first-order valence-electron chi connectivity index (χ1n) is 6.51. The molecule has 0 bridgehead atoms. The van der Waals surface area contributed by atoms with Gasteiger partial charge < -0.3 is 10.6 Å². The molecule has 1 unspecified atom stereocenters. The van der Waals surface area contributed by atoms with E-state index < -0.39 is 5.82 Å². The molecule has 1 aliphatic rings. The van der Waals surface area contributed by atoms with Gasteiger partial charge in [-0.1, -0.05) is 18.9 Å². The lowest BCUT2D eigenvalue weighted by Crippen LogP contribution is -2.34. The molecule has 1 saturated heterocycles. The highest BCUT2D eigenvalue weighted by atomic mass is 19.1. The van der Waals surface area contributed by atoms with Crippen molar-refractivity contribution in [1.29, 1.82) is 5.41 Å². The summed E-state index contributed by atoms with van der Waals surface area (Å²) in [5, 5.41) is 7.57. The predicted molar refractivity (Wildman–Crippen MR) is 72.7 cm³/mol. The van der Waals surface area contributed by atoms with E-state index in [1.165, 1.54) is 18.9 Å². The third kappa shape index (κ3) is 2.47. The summed E-state index contributed by atoms with van der Waals surface area (Å²) in [4.78, 5) is 2.19.